The lowest BCUT2D eigenvalue weighted by Gasteiger charge is -2.11. The lowest BCUT2D eigenvalue weighted by atomic mass is 10.1. The molecule has 0 saturated carbocycles. The standard InChI is InChI=1S/C16H12ClN7O2S/c17-12-8-6-11(7-9-12)15-10-14(16-18-21-22-19-16)20-24(15)23-27(25,26)13-4-2-1-3-5-13/h1-10,23H,(H,18,19,21,22). The van der Waals surface area contributed by atoms with Gasteiger partial charge >= 0.3 is 0 Å². The van der Waals surface area contributed by atoms with Crippen molar-refractivity contribution in [2.75, 3.05) is 4.83 Å². The molecule has 0 atom stereocenters. The minimum Gasteiger partial charge on any atom is -0.200 e. The zero-order valence-corrected chi connectivity index (χ0v) is 15.2. The van der Waals surface area contributed by atoms with Crippen molar-refractivity contribution in [1.82, 2.24) is 30.5 Å². The summed E-state index contributed by atoms with van der Waals surface area (Å²) < 4.78 is 25.4. The van der Waals surface area contributed by atoms with Crippen molar-refractivity contribution >= 4 is 21.6 Å². The number of nitrogens with one attached hydrogen (secondary N) is 2. The van der Waals surface area contributed by atoms with Gasteiger partial charge in [0, 0.05) is 10.6 Å². The fourth-order valence-corrected chi connectivity index (χ4v) is 3.54. The van der Waals surface area contributed by atoms with E-state index in [2.05, 4.69) is 30.6 Å². The van der Waals surface area contributed by atoms with Gasteiger partial charge in [-0.2, -0.15) is 23.3 Å². The van der Waals surface area contributed by atoms with Crippen molar-refractivity contribution in [3.8, 4) is 22.8 Å². The van der Waals surface area contributed by atoms with Crippen LogP contribution in [0.3, 0.4) is 0 Å². The molecule has 0 spiro atoms. The smallest absolute Gasteiger partial charge is 0.200 e. The molecule has 11 heteroatoms. The summed E-state index contributed by atoms with van der Waals surface area (Å²) in [6, 6.07) is 16.6. The van der Waals surface area contributed by atoms with Gasteiger partial charge in [0.2, 0.25) is 5.82 Å². The van der Waals surface area contributed by atoms with Gasteiger partial charge in [0.15, 0.2) is 0 Å². The summed E-state index contributed by atoms with van der Waals surface area (Å²) in [6.45, 7) is 0. The largest absolute Gasteiger partial charge is 0.276 e. The first kappa shape index (κ1) is 17.2. The molecule has 0 amide bonds. The number of hydrogen-bond acceptors (Lipinski definition) is 6. The van der Waals surface area contributed by atoms with Crippen molar-refractivity contribution in [1.29, 1.82) is 0 Å². The number of aromatic amines is 1. The summed E-state index contributed by atoms with van der Waals surface area (Å²) in [6.07, 6.45) is 0. The van der Waals surface area contributed by atoms with Crippen molar-refractivity contribution in [2.24, 2.45) is 0 Å². The molecule has 0 unspecified atom stereocenters. The van der Waals surface area contributed by atoms with Crippen LogP contribution in [0, 0.1) is 0 Å². The highest BCUT2D eigenvalue weighted by atomic mass is 35.5. The summed E-state index contributed by atoms with van der Waals surface area (Å²) in [4.78, 5) is 3.74. The van der Waals surface area contributed by atoms with Crippen LogP contribution in [-0.4, -0.2) is 38.9 Å². The molecule has 27 heavy (non-hydrogen) atoms. The lowest BCUT2D eigenvalue weighted by Crippen LogP contribution is -2.25. The molecule has 136 valence electrons. The lowest BCUT2D eigenvalue weighted by molar-refractivity contribution is 0.592. The molecule has 0 saturated heterocycles. The van der Waals surface area contributed by atoms with Crippen molar-refractivity contribution in [3.63, 3.8) is 0 Å². The first-order valence-corrected chi connectivity index (χ1v) is 9.57. The zero-order valence-electron chi connectivity index (χ0n) is 13.6. The summed E-state index contributed by atoms with van der Waals surface area (Å²) in [5.41, 5.74) is 1.55. The molecule has 0 aliphatic carbocycles. The predicted octanol–water partition coefficient (Wildman–Crippen LogP) is 2.32. The van der Waals surface area contributed by atoms with Crippen LogP contribution in [0.15, 0.2) is 65.6 Å². The Bertz CT molecular complexity index is 1160. The third kappa shape index (κ3) is 3.52. The Balaban J connectivity index is 1.80. The topological polar surface area (TPSA) is 118 Å². The highest BCUT2D eigenvalue weighted by molar-refractivity contribution is 7.92. The molecule has 0 bridgehead atoms. The Labute approximate surface area is 159 Å². The van der Waals surface area contributed by atoms with E-state index in [1.165, 1.54) is 12.1 Å². The fraction of sp³-hybridized carbons (Fsp3) is 0. The van der Waals surface area contributed by atoms with Crippen LogP contribution < -0.4 is 4.83 Å². The van der Waals surface area contributed by atoms with E-state index in [1.54, 1.807) is 48.5 Å². The molecule has 2 heterocycles. The number of sulfonamides is 1. The van der Waals surface area contributed by atoms with E-state index in [9.17, 15) is 8.42 Å². The van der Waals surface area contributed by atoms with E-state index in [0.29, 0.717) is 22.0 Å². The number of halogens is 1. The predicted molar refractivity (Wildman–Crippen MR) is 98.8 cm³/mol. The van der Waals surface area contributed by atoms with Crippen LogP contribution in [0.1, 0.15) is 0 Å². The molecule has 0 radical (unpaired) electrons. The second kappa shape index (κ2) is 6.82. The second-order valence-electron chi connectivity index (χ2n) is 5.48. The first-order chi connectivity index (χ1) is 13.0. The molecular weight excluding hydrogens is 390 g/mol. The number of aromatic nitrogens is 6. The minimum absolute atomic E-state index is 0.115. The van der Waals surface area contributed by atoms with Crippen LogP contribution in [0.2, 0.25) is 5.02 Å². The maximum atomic E-state index is 12.7. The van der Waals surface area contributed by atoms with E-state index >= 15 is 0 Å². The van der Waals surface area contributed by atoms with Gasteiger partial charge in [0.05, 0.1) is 10.6 Å². The summed E-state index contributed by atoms with van der Waals surface area (Å²) in [7, 11) is -3.85. The highest BCUT2D eigenvalue weighted by Crippen LogP contribution is 2.25. The monoisotopic (exact) mass is 401 g/mol. The zero-order chi connectivity index (χ0) is 18.9. The van der Waals surface area contributed by atoms with Gasteiger partial charge in [-0.15, -0.1) is 15.3 Å². The Hall–Kier alpha value is -3.24. The van der Waals surface area contributed by atoms with E-state index in [-0.39, 0.29) is 10.7 Å². The van der Waals surface area contributed by atoms with Crippen molar-refractivity contribution in [3.05, 3.63) is 65.7 Å². The number of tetrazole rings is 1. The summed E-state index contributed by atoms with van der Waals surface area (Å²) in [5, 5.41) is 18.4. The maximum Gasteiger partial charge on any atom is 0.276 e. The van der Waals surface area contributed by atoms with Gasteiger partial charge in [-0.05, 0) is 35.5 Å². The number of hydrogen-bond donors (Lipinski definition) is 2. The SMILES string of the molecule is O=S(=O)(Nn1nc(-c2nn[nH]n2)cc1-c1ccc(Cl)cc1)c1ccccc1. The van der Waals surface area contributed by atoms with Crippen LogP contribution in [0.4, 0.5) is 0 Å². The van der Waals surface area contributed by atoms with E-state index < -0.39 is 10.0 Å². The molecular formula is C16H12ClN7O2S. The Morgan fingerprint density at radius 1 is 1.04 bits per heavy atom. The third-order valence-corrected chi connectivity index (χ3v) is 5.24. The minimum atomic E-state index is -3.85. The van der Waals surface area contributed by atoms with Crippen molar-refractivity contribution in [2.45, 2.75) is 4.90 Å². The molecule has 2 aromatic carbocycles. The van der Waals surface area contributed by atoms with Gasteiger partial charge in [-0.1, -0.05) is 41.9 Å². The fourth-order valence-electron chi connectivity index (χ4n) is 2.42. The van der Waals surface area contributed by atoms with Crippen LogP contribution in [0.5, 0.6) is 0 Å². The number of benzene rings is 2. The number of rotatable bonds is 5. The van der Waals surface area contributed by atoms with Gasteiger partial charge in [0.25, 0.3) is 10.0 Å². The average Bonchev–Trinajstić information content (AvgIpc) is 3.33. The van der Waals surface area contributed by atoms with Crippen LogP contribution in [-0.2, 0) is 10.0 Å². The quantitative estimate of drug-likeness (QED) is 0.529. The normalized spacial score (nSPS) is 11.4. The molecule has 0 fully saturated rings. The third-order valence-electron chi connectivity index (χ3n) is 3.68. The second-order valence-corrected chi connectivity index (χ2v) is 7.57. The average molecular weight is 402 g/mol. The summed E-state index contributed by atoms with van der Waals surface area (Å²) in [5.74, 6) is 0.239. The molecule has 2 N–H and O–H groups in total. The van der Waals surface area contributed by atoms with Crippen molar-refractivity contribution < 1.29 is 8.42 Å². The molecule has 2 aromatic heterocycles. The molecule has 0 aliphatic heterocycles. The van der Waals surface area contributed by atoms with Gasteiger partial charge in [0.1, 0.15) is 5.69 Å². The Morgan fingerprint density at radius 3 is 2.44 bits per heavy atom. The number of nitrogens with zero attached hydrogens (tertiary/aromatic N) is 5. The van der Waals surface area contributed by atoms with E-state index in [0.717, 1.165) is 4.79 Å². The Kier molecular flexibility index (Phi) is 4.34. The first-order valence-electron chi connectivity index (χ1n) is 7.71. The van der Waals surface area contributed by atoms with E-state index in [1.807, 2.05) is 0 Å². The molecule has 9 nitrogen and oxygen atoms in total. The highest BCUT2D eigenvalue weighted by Gasteiger charge is 2.20. The van der Waals surface area contributed by atoms with Gasteiger partial charge in [-0.3, -0.25) is 0 Å². The Morgan fingerprint density at radius 2 is 1.78 bits per heavy atom. The van der Waals surface area contributed by atoms with E-state index in [4.69, 9.17) is 11.6 Å². The van der Waals surface area contributed by atoms with Gasteiger partial charge in [-0.25, -0.2) is 0 Å². The molecule has 0 aliphatic rings. The van der Waals surface area contributed by atoms with Crippen LogP contribution >= 0.6 is 11.6 Å². The number of H-pyrrole nitrogens is 1. The molecule has 4 aromatic rings. The van der Waals surface area contributed by atoms with Crippen LogP contribution in [0.25, 0.3) is 22.8 Å². The molecule has 4 rings (SSSR count). The summed E-state index contributed by atoms with van der Waals surface area (Å²) >= 11 is 5.95. The maximum absolute atomic E-state index is 12.7. The van der Waals surface area contributed by atoms with Gasteiger partial charge < -0.3 is 0 Å².